The average Bonchev–Trinajstić information content (AvgIpc) is 2.97. The van der Waals surface area contributed by atoms with Gasteiger partial charge in [0.2, 0.25) is 0 Å². The van der Waals surface area contributed by atoms with E-state index in [4.69, 9.17) is 10.5 Å². The molecule has 1 aromatic carbocycles. The van der Waals surface area contributed by atoms with Crippen LogP contribution in [0.2, 0.25) is 0 Å². The standard InChI is InChI=1S/C14H16F4N2O4/c15-13(16)23-7-1-3-9(11(5-7)24-14(17)18)20-12(21)10-4-2-8(6-19)22-10/h1,3,5,8,10,13-14H,2,4,6,19H2,(H,20,21)/t8-,10+/m1/s1. The number of halogens is 4. The summed E-state index contributed by atoms with van der Waals surface area (Å²) in [5.74, 6) is -1.43. The molecule has 10 heteroatoms. The number of nitrogens with one attached hydrogen (secondary N) is 1. The molecular weight excluding hydrogens is 336 g/mol. The van der Waals surface area contributed by atoms with Gasteiger partial charge >= 0.3 is 13.2 Å². The van der Waals surface area contributed by atoms with Crippen molar-refractivity contribution in [3.63, 3.8) is 0 Å². The van der Waals surface area contributed by atoms with Gasteiger partial charge in [0.1, 0.15) is 11.9 Å². The molecule has 1 saturated heterocycles. The zero-order valence-electron chi connectivity index (χ0n) is 12.4. The van der Waals surface area contributed by atoms with E-state index in [2.05, 4.69) is 14.8 Å². The summed E-state index contributed by atoms with van der Waals surface area (Å²) in [4.78, 5) is 12.1. The molecule has 0 radical (unpaired) electrons. The van der Waals surface area contributed by atoms with Crippen molar-refractivity contribution in [2.45, 2.75) is 38.3 Å². The first kappa shape index (κ1) is 18.3. The number of benzene rings is 1. The zero-order valence-corrected chi connectivity index (χ0v) is 12.4. The number of carbonyl (C=O) groups excluding carboxylic acids is 1. The van der Waals surface area contributed by atoms with Crippen molar-refractivity contribution in [3.8, 4) is 11.5 Å². The van der Waals surface area contributed by atoms with Gasteiger partial charge in [0.05, 0.1) is 11.8 Å². The van der Waals surface area contributed by atoms with Crippen molar-refractivity contribution in [1.82, 2.24) is 0 Å². The molecule has 134 valence electrons. The fourth-order valence-electron chi connectivity index (χ4n) is 2.26. The fourth-order valence-corrected chi connectivity index (χ4v) is 2.26. The van der Waals surface area contributed by atoms with Crippen molar-refractivity contribution in [1.29, 1.82) is 0 Å². The number of rotatable bonds is 7. The zero-order chi connectivity index (χ0) is 17.7. The Morgan fingerprint density at radius 3 is 2.54 bits per heavy atom. The highest BCUT2D eigenvalue weighted by atomic mass is 19.3. The summed E-state index contributed by atoms with van der Waals surface area (Å²) in [6.45, 7) is -6.06. The second-order valence-corrected chi connectivity index (χ2v) is 4.96. The molecule has 1 fully saturated rings. The third-order valence-corrected chi connectivity index (χ3v) is 3.32. The molecule has 3 N–H and O–H groups in total. The minimum atomic E-state index is -3.20. The van der Waals surface area contributed by atoms with E-state index in [0.717, 1.165) is 18.2 Å². The number of hydrogen-bond donors (Lipinski definition) is 2. The first-order chi connectivity index (χ1) is 11.4. The number of carbonyl (C=O) groups is 1. The lowest BCUT2D eigenvalue weighted by molar-refractivity contribution is -0.126. The van der Waals surface area contributed by atoms with Crippen LogP contribution in [-0.4, -0.2) is 37.9 Å². The topological polar surface area (TPSA) is 82.8 Å². The van der Waals surface area contributed by atoms with Crippen molar-refractivity contribution < 1.29 is 36.6 Å². The highest BCUT2D eigenvalue weighted by molar-refractivity contribution is 5.95. The third kappa shape index (κ3) is 4.96. The molecule has 6 nitrogen and oxygen atoms in total. The van der Waals surface area contributed by atoms with Crippen LogP contribution in [-0.2, 0) is 9.53 Å². The monoisotopic (exact) mass is 352 g/mol. The first-order valence-electron chi connectivity index (χ1n) is 7.09. The van der Waals surface area contributed by atoms with Crippen molar-refractivity contribution in [2.75, 3.05) is 11.9 Å². The lowest BCUT2D eigenvalue weighted by atomic mass is 10.2. The highest BCUT2D eigenvalue weighted by Crippen LogP contribution is 2.32. The number of ether oxygens (including phenoxy) is 3. The fraction of sp³-hybridized carbons (Fsp3) is 0.500. The van der Waals surface area contributed by atoms with Gasteiger partial charge in [-0.1, -0.05) is 0 Å². The molecule has 0 bridgehead atoms. The third-order valence-electron chi connectivity index (χ3n) is 3.32. The summed E-state index contributed by atoms with van der Waals surface area (Å²) in [6.07, 6.45) is 0.0378. The molecule has 1 aliphatic heterocycles. The van der Waals surface area contributed by atoms with E-state index in [1.54, 1.807) is 0 Å². The summed E-state index contributed by atoms with van der Waals surface area (Å²) in [5, 5.41) is 2.38. The van der Waals surface area contributed by atoms with Crippen LogP contribution in [0.1, 0.15) is 12.8 Å². The number of alkyl halides is 4. The Labute approximate surface area is 134 Å². The Balaban J connectivity index is 2.11. The van der Waals surface area contributed by atoms with Gasteiger partial charge in [-0.3, -0.25) is 4.79 Å². The van der Waals surface area contributed by atoms with Crippen LogP contribution in [0.3, 0.4) is 0 Å². The summed E-state index contributed by atoms with van der Waals surface area (Å²) in [5.41, 5.74) is 5.34. The normalized spacial score (nSPS) is 20.5. The summed E-state index contributed by atoms with van der Waals surface area (Å²) in [6, 6.07) is 3.06. The molecule has 1 aliphatic rings. The maximum absolute atomic E-state index is 12.5. The second kappa shape index (κ2) is 8.15. The molecule has 0 saturated carbocycles. The maximum atomic E-state index is 12.5. The molecule has 1 heterocycles. The Kier molecular flexibility index (Phi) is 6.21. The van der Waals surface area contributed by atoms with Gasteiger partial charge in [0, 0.05) is 12.6 Å². The van der Waals surface area contributed by atoms with Gasteiger partial charge in [-0.25, -0.2) is 0 Å². The minimum Gasteiger partial charge on any atom is -0.435 e. The van der Waals surface area contributed by atoms with Crippen LogP contribution in [0, 0.1) is 0 Å². The summed E-state index contributed by atoms with van der Waals surface area (Å²) < 4.78 is 63.1. The Morgan fingerprint density at radius 1 is 1.25 bits per heavy atom. The van der Waals surface area contributed by atoms with Gasteiger partial charge in [0.15, 0.2) is 5.75 Å². The van der Waals surface area contributed by atoms with Gasteiger partial charge in [0.25, 0.3) is 5.91 Å². The molecule has 0 spiro atoms. The predicted octanol–water partition coefficient (Wildman–Crippen LogP) is 2.33. The van der Waals surface area contributed by atoms with E-state index in [-0.39, 0.29) is 24.1 Å². The van der Waals surface area contributed by atoms with Crippen LogP contribution < -0.4 is 20.5 Å². The van der Waals surface area contributed by atoms with Gasteiger partial charge < -0.3 is 25.3 Å². The first-order valence-corrected chi connectivity index (χ1v) is 7.09. The Bertz CT molecular complexity index is 574. The lowest BCUT2D eigenvalue weighted by Crippen LogP contribution is -2.30. The molecule has 0 unspecified atom stereocenters. The number of anilines is 1. The van der Waals surface area contributed by atoms with E-state index in [0.29, 0.717) is 12.8 Å². The SMILES string of the molecule is NC[C@H]1CC[C@@H](C(=O)Nc2ccc(OC(F)F)cc2OC(F)F)O1. The van der Waals surface area contributed by atoms with Crippen LogP contribution in [0.5, 0.6) is 11.5 Å². The van der Waals surface area contributed by atoms with Crippen LogP contribution in [0.25, 0.3) is 0 Å². The molecule has 2 atom stereocenters. The number of amides is 1. The Morgan fingerprint density at radius 2 is 1.96 bits per heavy atom. The van der Waals surface area contributed by atoms with E-state index in [1.807, 2.05) is 0 Å². The molecule has 0 aromatic heterocycles. The van der Waals surface area contributed by atoms with Crippen molar-refractivity contribution in [3.05, 3.63) is 18.2 Å². The van der Waals surface area contributed by atoms with E-state index < -0.39 is 31.0 Å². The molecular formula is C14H16F4N2O4. The minimum absolute atomic E-state index is 0.110. The average molecular weight is 352 g/mol. The van der Waals surface area contributed by atoms with Crippen LogP contribution in [0.15, 0.2) is 18.2 Å². The predicted molar refractivity (Wildman–Crippen MR) is 75.3 cm³/mol. The van der Waals surface area contributed by atoms with E-state index in [1.165, 1.54) is 0 Å². The molecule has 2 rings (SSSR count). The van der Waals surface area contributed by atoms with Gasteiger partial charge in [-0.15, -0.1) is 0 Å². The highest BCUT2D eigenvalue weighted by Gasteiger charge is 2.30. The molecule has 1 amide bonds. The molecule has 0 aliphatic carbocycles. The number of nitrogens with two attached hydrogens (primary N) is 1. The van der Waals surface area contributed by atoms with Gasteiger partial charge in [-0.05, 0) is 25.0 Å². The van der Waals surface area contributed by atoms with Crippen LogP contribution in [0.4, 0.5) is 23.2 Å². The van der Waals surface area contributed by atoms with E-state index in [9.17, 15) is 22.4 Å². The molecule has 24 heavy (non-hydrogen) atoms. The lowest BCUT2D eigenvalue weighted by Gasteiger charge is -2.16. The van der Waals surface area contributed by atoms with Crippen LogP contribution >= 0.6 is 0 Å². The smallest absolute Gasteiger partial charge is 0.387 e. The number of hydrogen-bond acceptors (Lipinski definition) is 5. The van der Waals surface area contributed by atoms with Crippen molar-refractivity contribution in [2.24, 2.45) is 5.73 Å². The Hall–Kier alpha value is -2.07. The quantitative estimate of drug-likeness (QED) is 0.736. The van der Waals surface area contributed by atoms with Gasteiger partial charge in [-0.2, -0.15) is 17.6 Å². The largest absolute Gasteiger partial charge is 0.435 e. The van der Waals surface area contributed by atoms with Crippen molar-refractivity contribution >= 4 is 11.6 Å². The second-order valence-electron chi connectivity index (χ2n) is 4.96. The van der Waals surface area contributed by atoms with E-state index >= 15 is 0 Å². The maximum Gasteiger partial charge on any atom is 0.387 e. The summed E-state index contributed by atoms with van der Waals surface area (Å²) >= 11 is 0. The summed E-state index contributed by atoms with van der Waals surface area (Å²) in [7, 11) is 0. The molecule has 1 aromatic rings.